The topological polar surface area (TPSA) is 74.2 Å². The Balaban J connectivity index is 1.44. The lowest BCUT2D eigenvalue weighted by molar-refractivity contribution is -0.174. The molecule has 0 aromatic heterocycles. The normalized spacial score (nSPS) is 24.6. The van der Waals surface area contributed by atoms with E-state index in [4.69, 9.17) is 18.7 Å². The molecular weight excluding hydrogens is 523 g/mol. The summed E-state index contributed by atoms with van der Waals surface area (Å²) in [5.41, 5.74) is 3.93. The Labute approximate surface area is 236 Å². The maximum Gasteiger partial charge on any atom is 0.262 e. The fraction of sp³-hybridized carbons (Fsp3) is 0.273. The van der Waals surface area contributed by atoms with Crippen molar-refractivity contribution in [3.05, 3.63) is 138 Å². The summed E-state index contributed by atoms with van der Waals surface area (Å²) in [6.45, 7) is 2.93. The van der Waals surface area contributed by atoms with Crippen molar-refractivity contribution in [2.45, 2.75) is 50.9 Å². The molecule has 1 saturated heterocycles. The number of rotatable bonds is 11. The number of benzene rings is 4. The lowest BCUT2D eigenvalue weighted by atomic mass is 10.1. The molecule has 4 aromatic carbocycles. The maximum absolute atomic E-state index is 14.5. The van der Waals surface area contributed by atoms with Crippen LogP contribution < -0.4 is 5.30 Å². The van der Waals surface area contributed by atoms with Gasteiger partial charge < -0.3 is 23.8 Å². The van der Waals surface area contributed by atoms with Crippen molar-refractivity contribution < 1.29 is 28.4 Å². The van der Waals surface area contributed by atoms with Crippen molar-refractivity contribution in [1.82, 2.24) is 0 Å². The summed E-state index contributed by atoms with van der Waals surface area (Å²) in [7, 11) is -3.78. The minimum absolute atomic E-state index is 0.113. The largest absolute Gasteiger partial charge is 0.380 e. The van der Waals surface area contributed by atoms with Crippen molar-refractivity contribution in [1.29, 1.82) is 0 Å². The fourth-order valence-electron chi connectivity index (χ4n) is 4.77. The van der Waals surface area contributed by atoms with Gasteiger partial charge in [0.2, 0.25) is 0 Å². The highest BCUT2D eigenvalue weighted by atomic mass is 31.2. The molecule has 1 fully saturated rings. The molecule has 40 heavy (non-hydrogen) atoms. The summed E-state index contributed by atoms with van der Waals surface area (Å²) in [5.74, 6) is -1.43. The predicted molar refractivity (Wildman–Crippen MR) is 155 cm³/mol. The molecule has 0 radical (unpaired) electrons. The summed E-state index contributed by atoms with van der Waals surface area (Å²) in [5, 5.41) is 12.1. The van der Waals surface area contributed by atoms with Crippen LogP contribution >= 0.6 is 7.37 Å². The van der Waals surface area contributed by atoms with Crippen LogP contribution in [0.25, 0.3) is 0 Å². The fourth-order valence-corrected chi connectivity index (χ4v) is 7.12. The van der Waals surface area contributed by atoms with E-state index < -0.39 is 31.5 Å². The van der Waals surface area contributed by atoms with Crippen LogP contribution in [0.15, 0.2) is 115 Å². The van der Waals surface area contributed by atoms with Crippen molar-refractivity contribution in [2.75, 3.05) is 6.61 Å². The van der Waals surface area contributed by atoms with Crippen LogP contribution in [0.3, 0.4) is 0 Å². The molecule has 5 rings (SSSR count). The summed E-state index contributed by atoms with van der Waals surface area (Å²) in [6, 6.07) is 36.5. The Morgan fingerprint density at radius 2 is 1.15 bits per heavy atom. The van der Waals surface area contributed by atoms with Gasteiger partial charge in [-0.1, -0.05) is 109 Å². The van der Waals surface area contributed by atoms with Crippen molar-refractivity contribution in [2.24, 2.45) is 0 Å². The predicted octanol–water partition coefficient (Wildman–Crippen LogP) is 6.00. The van der Waals surface area contributed by atoms with Crippen LogP contribution in [-0.2, 0) is 43.1 Å². The molecule has 208 valence electrons. The van der Waals surface area contributed by atoms with Gasteiger partial charge in [0.1, 0.15) is 18.3 Å². The minimum atomic E-state index is -3.78. The summed E-state index contributed by atoms with van der Waals surface area (Å²) in [4.78, 5) is 0. The second-order valence-electron chi connectivity index (χ2n) is 10.0. The maximum atomic E-state index is 14.5. The molecule has 1 aliphatic heterocycles. The third-order valence-corrected chi connectivity index (χ3v) is 9.57. The Kier molecular flexibility index (Phi) is 9.61. The molecule has 0 aliphatic carbocycles. The van der Waals surface area contributed by atoms with Crippen LogP contribution in [0.5, 0.6) is 0 Å². The number of hydrogen-bond donors (Lipinski definition) is 1. The number of ether oxygens (including phenoxy) is 3. The molecule has 6 nitrogen and oxygen atoms in total. The van der Waals surface area contributed by atoms with E-state index in [1.54, 1.807) is 12.1 Å². The summed E-state index contributed by atoms with van der Waals surface area (Å²) >= 11 is 0. The highest BCUT2D eigenvalue weighted by Gasteiger charge is 2.54. The molecule has 1 N–H and O–H groups in total. The van der Waals surface area contributed by atoms with E-state index in [0.717, 1.165) is 22.3 Å². The average molecular weight is 559 g/mol. The van der Waals surface area contributed by atoms with Gasteiger partial charge in [-0.15, -0.1) is 0 Å². The molecule has 0 bridgehead atoms. The Morgan fingerprint density at radius 1 is 0.675 bits per heavy atom. The molecule has 5 atom stereocenters. The van der Waals surface area contributed by atoms with Gasteiger partial charge in [-0.3, -0.25) is 4.57 Å². The number of aliphatic hydroxyl groups is 1. The quantitative estimate of drug-likeness (QED) is 0.228. The first-order valence-corrected chi connectivity index (χ1v) is 15.2. The number of aliphatic hydroxyl groups excluding tert-OH is 1. The molecule has 0 spiro atoms. The van der Waals surface area contributed by atoms with Gasteiger partial charge in [-0.05, 0) is 35.7 Å². The van der Waals surface area contributed by atoms with Crippen LogP contribution in [0, 0.1) is 6.92 Å². The molecule has 1 heterocycles. The second-order valence-corrected chi connectivity index (χ2v) is 12.5. The van der Waals surface area contributed by atoms with Crippen LogP contribution in [0.1, 0.15) is 22.3 Å². The van der Waals surface area contributed by atoms with E-state index in [1.807, 2.05) is 110 Å². The van der Waals surface area contributed by atoms with Crippen molar-refractivity contribution in [3.8, 4) is 0 Å². The van der Waals surface area contributed by atoms with E-state index in [0.29, 0.717) is 11.9 Å². The minimum Gasteiger partial charge on any atom is -0.380 e. The van der Waals surface area contributed by atoms with Crippen LogP contribution in [0.2, 0.25) is 0 Å². The zero-order chi connectivity index (χ0) is 27.8. The van der Waals surface area contributed by atoms with Crippen molar-refractivity contribution in [3.63, 3.8) is 0 Å². The van der Waals surface area contributed by atoms with Gasteiger partial charge in [0.25, 0.3) is 7.37 Å². The third-order valence-electron chi connectivity index (χ3n) is 6.98. The lowest BCUT2D eigenvalue weighted by Gasteiger charge is -2.44. The standard InChI is InChI=1S/C33H35O6P/c1-25-17-19-29(20-18-25)40(35)33(34)32(38-23-28-15-9-4-10-16-28)31(37-22-27-13-7-3-8-14-27)30(39-40)24-36-21-26-11-5-2-6-12-26/h2-20,30-34H,21-24H2,1H3/t30-,31-,32+,33+,40-/m1/s1. The van der Waals surface area contributed by atoms with E-state index in [-0.39, 0.29) is 19.8 Å². The number of hydrogen-bond acceptors (Lipinski definition) is 6. The first-order chi connectivity index (χ1) is 19.5. The third kappa shape index (κ3) is 6.97. The SMILES string of the molecule is Cc1ccc([P@@]2(=O)O[C@H](COCc3ccccc3)[C@@H](OCc3ccccc3)[C@H](OCc3ccccc3)[C@H]2O)cc1. The van der Waals surface area contributed by atoms with Crippen LogP contribution in [0.4, 0.5) is 0 Å². The molecule has 4 aromatic rings. The first-order valence-electron chi connectivity index (χ1n) is 13.5. The lowest BCUT2D eigenvalue weighted by Crippen LogP contribution is -2.55. The van der Waals surface area contributed by atoms with E-state index in [1.165, 1.54) is 0 Å². The van der Waals surface area contributed by atoms with Gasteiger partial charge in [-0.25, -0.2) is 0 Å². The molecule has 1 aliphatic rings. The highest BCUT2D eigenvalue weighted by molar-refractivity contribution is 7.67. The van der Waals surface area contributed by atoms with E-state index in [9.17, 15) is 9.67 Å². The molecular formula is C33H35O6P. The smallest absolute Gasteiger partial charge is 0.262 e. The summed E-state index contributed by atoms with van der Waals surface area (Å²) in [6.07, 6.45) is -2.40. The Bertz CT molecular complexity index is 1360. The van der Waals surface area contributed by atoms with Crippen molar-refractivity contribution >= 4 is 12.7 Å². The van der Waals surface area contributed by atoms with Gasteiger partial charge in [0.05, 0.1) is 26.4 Å². The van der Waals surface area contributed by atoms with E-state index in [2.05, 4.69) is 0 Å². The van der Waals surface area contributed by atoms with Crippen LogP contribution in [-0.4, -0.2) is 35.9 Å². The van der Waals surface area contributed by atoms with E-state index >= 15 is 0 Å². The van der Waals surface area contributed by atoms with Gasteiger partial charge in [-0.2, -0.15) is 0 Å². The Morgan fingerprint density at radius 3 is 1.68 bits per heavy atom. The average Bonchev–Trinajstić information content (AvgIpc) is 2.99. The highest BCUT2D eigenvalue weighted by Crippen LogP contribution is 2.57. The second kappa shape index (κ2) is 13.5. The van der Waals surface area contributed by atoms with Gasteiger partial charge >= 0.3 is 0 Å². The molecule has 0 amide bonds. The first kappa shape index (κ1) is 28.4. The number of aryl methyl sites for hydroxylation is 1. The zero-order valence-electron chi connectivity index (χ0n) is 22.5. The zero-order valence-corrected chi connectivity index (χ0v) is 23.4. The molecule has 0 unspecified atom stereocenters. The summed E-state index contributed by atoms with van der Waals surface area (Å²) < 4.78 is 39.6. The Hall–Kier alpha value is -3.09. The van der Waals surface area contributed by atoms with Gasteiger partial charge in [0, 0.05) is 5.30 Å². The monoisotopic (exact) mass is 558 g/mol. The molecule has 7 heteroatoms. The molecule has 0 saturated carbocycles. The van der Waals surface area contributed by atoms with Gasteiger partial charge in [0.15, 0.2) is 5.85 Å².